The van der Waals surface area contributed by atoms with Crippen molar-refractivity contribution in [1.82, 2.24) is 4.98 Å². The van der Waals surface area contributed by atoms with Gasteiger partial charge in [-0.15, -0.1) is 0 Å². The van der Waals surface area contributed by atoms with Crippen LogP contribution in [0.1, 0.15) is 5.69 Å². The molecule has 3 nitrogen and oxygen atoms in total. The third-order valence-electron chi connectivity index (χ3n) is 1.01. The van der Waals surface area contributed by atoms with E-state index in [9.17, 15) is 0 Å². The molecule has 0 atom stereocenters. The highest BCUT2D eigenvalue weighted by molar-refractivity contribution is 6.69. The summed E-state index contributed by atoms with van der Waals surface area (Å²) in [5.41, 5.74) is 0.349. The topological polar surface area (TPSA) is 45.5 Å². The number of pyridine rings is 1. The summed E-state index contributed by atoms with van der Waals surface area (Å²) in [6, 6.07) is 4.86. The molecule has 0 spiro atoms. The zero-order valence-corrected chi connectivity index (χ0v) is 6.84. The molecule has 0 unspecified atom stereocenters. The van der Waals surface area contributed by atoms with Crippen LogP contribution in [0.4, 0.5) is 0 Å². The van der Waals surface area contributed by atoms with Crippen LogP contribution in [0, 0.1) is 0 Å². The van der Waals surface area contributed by atoms with E-state index in [4.69, 9.17) is 28.4 Å². The first kappa shape index (κ1) is 8.30. The molecule has 0 saturated carbocycles. The SMILES string of the molecule is O/N=C(\Cl)c1cccc(Cl)n1. The second-order valence-electron chi connectivity index (χ2n) is 1.74. The van der Waals surface area contributed by atoms with Gasteiger partial charge in [0.2, 0.25) is 0 Å². The average Bonchev–Trinajstić information content (AvgIpc) is 2.03. The van der Waals surface area contributed by atoms with Crippen molar-refractivity contribution < 1.29 is 5.21 Å². The minimum absolute atomic E-state index is 0.0764. The Morgan fingerprint density at radius 1 is 1.55 bits per heavy atom. The van der Waals surface area contributed by atoms with Gasteiger partial charge < -0.3 is 5.21 Å². The summed E-state index contributed by atoms with van der Waals surface area (Å²) >= 11 is 11.0. The molecule has 58 valence electrons. The summed E-state index contributed by atoms with van der Waals surface area (Å²) in [4.78, 5) is 3.79. The lowest BCUT2D eigenvalue weighted by Crippen LogP contribution is -1.94. The Morgan fingerprint density at radius 3 is 2.82 bits per heavy atom. The second-order valence-corrected chi connectivity index (χ2v) is 2.48. The lowest BCUT2D eigenvalue weighted by atomic mass is 10.4. The number of hydrogen-bond acceptors (Lipinski definition) is 3. The summed E-state index contributed by atoms with van der Waals surface area (Å²) in [6.07, 6.45) is 0. The van der Waals surface area contributed by atoms with Crippen LogP contribution in [0.15, 0.2) is 23.4 Å². The van der Waals surface area contributed by atoms with E-state index in [1.807, 2.05) is 0 Å². The van der Waals surface area contributed by atoms with Crippen LogP contribution in [-0.2, 0) is 0 Å². The molecule has 1 N–H and O–H groups in total. The fourth-order valence-electron chi connectivity index (χ4n) is 0.574. The van der Waals surface area contributed by atoms with E-state index in [0.29, 0.717) is 10.8 Å². The number of halogens is 2. The van der Waals surface area contributed by atoms with Crippen molar-refractivity contribution in [3.8, 4) is 0 Å². The lowest BCUT2D eigenvalue weighted by Gasteiger charge is -1.94. The Kier molecular flexibility index (Phi) is 2.68. The summed E-state index contributed by atoms with van der Waals surface area (Å²) in [5.74, 6) is 0. The fourth-order valence-corrected chi connectivity index (χ4v) is 0.843. The van der Waals surface area contributed by atoms with Crippen molar-refractivity contribution in [2.24, 2.45) is 5.16 Å². The van der Waals surface area contributed by atoms with Gasteiger partial charge in [-0.1, -0.05) is 34.4 Å². The molecule has 0 bridgehead atoms. The molecule has 1 rings (SSSR count). The number of rotatable bonds is 1. The molecule has 0 amide bonds. The lowest BCUT2D eigenvalue weighted by molar-refractivity contribution is 0.320. The van der Waals surface area contributed by atoms with Gasteiger partial charge in [0.05, 0.1) is 0 Å². The van der Waals surface area contributed by atoms with Crippen molar-refractivity contribution in [1.29, 1.82) is 0 Å². The van der Waals surface area contributed by atoms with Crippen molar-refractivity contribution in [2.45, 2.75) is 0 Å². The van der Waals surface area contributed by atoms with E-state index in [2.05, 4.69) is 10.1 Å². The molecule has 5 heteroatoms. The summed E-state index contributed by atoms with van der Waals surface area (Å²) in [7, 11) is 0. The first-order valence-corrected chi connectivity index (χ1v) is 3.50. The third kappa shape index (κ3) is 2.06. The fraction of sp³-hybridized carbons (Fsp3) is 0. The van der Waals surface area contributed by atoms with Crippen LogP contribution in [0.5, 0.6) is 0 Å². The highest BCUT2D eigenvalue weighted by Gasteiger charge is 2.01. The molecule has 1 aromatic heterocycles. The van der Waals surface area contributed by atoms with Crippen molar-refractivity contribution in [3.05, 3.63) is 29.0 Å². The van der Waals surface area contributed by atoms with Crippen LogP contribution >= 0.6 is 23.2 Å². The summed E-state index contributed by atoms with van der Waals surface area (Å²) in [6.45, 7) is 0. The zero-order valence-electron chi connectivity index (χ0n) is 5.33. The number of hydrogen-bond donors (Lipinski definition) is 1. The number of nitrogens with zero attached hydrogens (tertiary/aromatic N) is 2. The predicted octanol–water partition coefficient (Wildman–Crippen LogP) is 2.11. The van der Waals surface area contributed by atoms with Crippen molar-refractivity contribution in [2.75, 3.05) is 0 Å². The van der Waals surface area contributed by atoms with Crippen LogP contribution < -0.4 is 0 Å². The molecule has 0 saturated heterocycles. The smallest absolute Gasteiger partial charge is 0.193 e. The van der Waals surface area contributed by atoms with Gasteiger partial charge in [0, 0.05) is 0 Å². The van der Waals surface area contributed by atoms with E-state index in [1.165, 1.54) is 0 Å². The van der Waals surface area contributed by atoms with Gasteiger partial charge in [-0.2, -0.15) is 0 Å². The molecular weight excluding hydrogens is 187 g/mol. The van der Waals surface area contributed by atoms with E-state index < -0.39 is 0 Å². The van der Waals surface area contributed by atoms with Gasteiger partial charge >= 0.3 is 0 Å². The molecule has 1 heterocycles. The highest BCUT2D eigenvalue weighted by Crippen LogP contribution is 2.07. The van der Waals surface area contributed by atoms with Gasteiger partial charge in [-0.05, 0) is 12.1 Å². The number of oxime groups is 1. The van der Waals surface area contributed by atoms with Crippen LogP contribution in [0.2, 0.25) is 5.15 Å². The standard InChI is InChI=1S/C6H4Cl2N2O/c7-5-3-1-2-4(9-5)6(8)10-11/h1-3,11H/b10-6-. The maximum atomic E-state index is 8.25. The van der Waals surface area contributed by atoms with E-state index in [-0.39, 0.29) is 5.17 Å². The molecule has 0 fully saturated rings. The van der Waals surface area contributed by atoms with Gasteiger partial charge in [0.1, 0.15) is 10.8 Å². The van der Waals surface area contributed by atoms with Crippen molar-refractivity contribution in [3.63, 3.8) is 0 Å². The summed E-state index contributed by atoms with van der Waals surface area (Å²) < 4.78 is 0. The maximum Gasteiger partial charge on any atom is 0.193 e. The van der Waals surface area contributed by atoms with E-state index >= 15 is 0 Å². The van der Waals surface area contributed by atoms with Crippen LogP contribution in [-0.4, -0.2) is 15.4 Å². The average molecular weight is 191 g/mol. The molecule has 11 heavy (non-hydrogen) atoms. The Bertz CT molecular complexity index is 288. The largest absolute Gasteiger partial charge is 0.410 e. The maximum absolute atomic E-state index is 8.25. The predicted molar refractivity (Wildman–Crippen MR) is 43.4 cm³/mol. The van der Waals surface area contributed by atoms with Gasteiger partial charge in [-0.3, -0.25) is 0 Å². The van der Waals surface area contributed by atoms with Gasteiger partial charge in [-0.25, -0.2) is 4.98 Å². The van der Waals surface area contributed by atoms with Gasteiger partial charge in [0.15, 0.2) is 5.17 Å². The quantitative estimate of drug-likeness (QED) is 0.319. The molecule has 0 radical (unpaired) electrons. The number of aromatic nitrogens is 1. The molecule has 0 aliphatic carbocycles. The first-order chi connectivity index (χ1) is 5.24. The molecule has 1 aromatic rings. The monoisotopic (exact) mass is 190 g/mol. The Labute approximate surface area is 73.3 Å². The Morgan fingerprint density at radius 2 is 2.27 bits per heavy atom. The first-order valence-electron chi connectivity index (χ1n) is 2.74. The summed E-state index contributed by atoms with van der Waals surface area (Å²) in [5, 5.41) is 11.2. The van der Waals surface area contributed by atoms with Gasteiger partial charge in [0.25, 0.3) is 0 Å². The van der Waals surface area contributed by atoms with Crippen LogP contribution in [0.25, 0.3) is 0 Å². The van der Waals surface area contributed by atoms with E-state index in [0.717, 1.165) is 0 Å². The minimum Gasteiger partial charge on any atom is -0.410 e. The molecule has 0 aromatic carbocycles. The molecule has 0 aliphatic heterocycles. The van der Waals surface area contributed by atoms with Crippen LogP contribution in [0.3, 0.4) is 0 Å². The highest BCUT2D eigenvalue weighted by atomic mass is 35.5. The second kappa shape index (κ2) is 3.55. The normalized spacial score (nSPS) is 11.6. The minimum atomic E-state index is -0.0764. The Balaban J connectivity index is 3.06. The Hall–Kier alpha value is -0.800. The third-order valence-corrected chi connectivity index (χ3v) is 1.49. The zero-order chi connectivity index (χ0) is 8.27. The molecule has 0 aliphatic rings. The molecular formula is C6H4Cl2N2O. The van der Waals surface area contributed by atoms with E-state index in [1.54, 1.807) is 18.2 Å². The van der Waals surface area contributed by atoms with Crippen molar-refractivity contribution >= 4 is 28.4 Å².